The van der Waals surface area contributed by atoms with Gasteiger partial charge in [-0.15, -0.1) is 5.10 Å². The number of aromatic nitrogens is 3. The smallest absolute Gasteiger partial charge is 0.245 e. The summed E-state index contributed by atoms with van der Waals surface area (Å²) in [6.07, 6.45) is 3.88. The lowest BCUT2D eigenvalue weighted by molar-refractivity contribution is 0.155. The molecule has 5 rings (SSSR count). The van der Waals surface area contributed by atoms with Gasteiger partial charge in [-0.1, -0.05) is 24.3 Å². The Hall–Kier alpha value is -3.67. The van der Waals surface area contributed by atoms with Crippen molar-refractivity contribution in [1.29, 1.82) is 0 Å². The molecule has 0 aliphatic carbocycles. The van der Waals surface area contributed by atoms with Crippen molar-refractivity contribution in [2.75, 3.05) is 69.8 Å². The number of nitrogens with one attached hydrogen (secondary N) is 1. The number of methoxy groups -OCH3 is 1. The van der Waals surface area contributed by atoms with Crippen LogP contribution in [0.5, 0.6) is 5.75 Å². The Morgan fingerprint density at radius 3 is 2.56 bits per heavy atom. The summed E-state index contributed by atoms with van der Waals surface area (Å²) < 4.78 is 33.3. The molecule has 11 heteroatoms. The van der Waals surface area contributed by atoms with Crippen LogP contribution in [0.1, 0.15) is 5.56 Å². The number of nitrogens with zero attached hydrogens (tertiary/aromatic N) is 6. The summed E-state index contributed by atoms with van der Waals surface area (Å²) >= 11 is 0. The molecule has 1 aliphatic rings. The van der Waals surface area contributed by atoms with Crippen molar-refractivity contribution in [3.8, 4) is 17.0 Å². The van der Waals surface area contributed by atoms with Crippen LogP contribution in [-0.4, -0.2) is 93.0 Å². The Labute approximate surface area is 229 Å². The number of likely N-dealkylation sites (N-methyl/N-ethyl adjacent to an activating group) is 1. The maximum atomic E-state index is 12.3. The minimum Gasteiger partial charge on any atom is -0.495 e. The zero-order valence-electron chi connectivity index (χ0n) is 22.8. The molecule has 2 aromatic carbocycles. The van der Waals surface area contributed by atoms with Gasteiger partial charge in [0.15, 0.2) is 0 Å². The van der Waals surface area contributed by atoms with Crippen LogP contribution in [0.4, 0.5) is 17.3 Å². The molecule has 0 saturated carbocycles. The highest BCUT2D eigenvalue weighted by atomic mass is 32.2. The van der Waals surface area contributed by atoms with Gasteiger partial charge in [-0.2, -0.15) is 0 Å². The average Bonchev–Trinajstić information content (AvgIpc) is 3.35. The Morgan fingerprint density at radius 1 is 1.05 bits per heavy atom. The predicted octanol–water partition coefficient (Wildman–Crippen LogP) is 3.33. The number of hydrogen-bond acceptors (Lipinski definition) is 8. The van der Waals surface area contributed by atoms with Gasteiger partial charge in [0.2, 0.25) is 16.0 Å². The molecule has 1 fully saturated rings. The lowest BCUT2D eigenvalue weighted by Crippen LogP contribution is -2.45. The zero-order valence-corrected chi connectivity index (χ0v) is 23.6. The molecule has 39 heavy (non-hydrogen) atoms. The van der Waals surface area contributed by atoms with E-state index in [1.807, 2.05) is 36.4 Å². The van der Waals surface area contributed by atoms with Gasteiger partial charge >= 0.3 is 0 Å². The summed E-state index contributed by atoms with van der Waals surface area (Å²) in [6, 6.07) is 17.4. The fourth-order valence-electron chi connectivity index (χ4n) is 4.78. The van der Waals surface area contributed by atoms with Crippen LogP contribution in [0.25, 0.3) is 16.8 Å². The van der Waals surface area contributed by atoms with E-state index in [-0.39, 0.29) is 0 Å². The van der Waals surface area contributed by atoms with E-state index in [9.17, 15) is 8.42 Å². The number of hydrogen-bond donors (Lipinski definition) is 1. The number of benzene rings is 2. The van der Waals surface area contributed by atoms with Crippen molar-refractivity contribution in [2.45, 2.75) is 6.42 Å². The van der Waals surface area contributed by atoms with Gasteiger partial charge in [0, 0.05) is 45.3 Å². The minimum atomic E-state index is -3.44. The number of sulfonamides is 1. The van der Waals surface area contributed by atoms with Gasteiger partial charge in [0.25, 0.3) is 0 Å². The Bertz CT molecular complexity index is 1560. The summed E-state index contributed by atoms with van der Waals surface area (Å²) in [7, 11) is 1.94. The molecule has 3 heterocycles. The lowest BCUT2D eigenvalue weighted by atomic mass is 10.1. The van der Waals surface area contributed by atoms with Crippen LogP contribution < -0.4 is 14.4 Å². The maximum Gasteiger partial charge on any atom is 0.245 e. The zero-order chi connectivity index (χ0) is 27.6. The normalized spacial score (nSPS) is 15.0. The first-order valence-electron chi connectivity index (χ1n) is 13.0. The highest BCUT2D eigenvalue weighted by Crippen LogP contribution is 2.33. The van der Waals surface area contributed by atoms with Crippen molar-refractivity contribution in [3.05, 3.63) is 66.4 Å². The Morgan fingerprint density at radius 2 is 1.82 bits per heavy atom. The van der Waals surface area contributed by atoms with E-state index in [0.29, 0.717) is 11.6 Å². The monoisotopic (exact) mass is 549 g/mol. The summed E-state index contributed by atoms with van der Waals surface area (Å²) in [5.41, 5.74) is 4.85. The van der Waals surface area contributed by atoms with E-state index in [1.165, 1.54) is 16.1 Å². The van der Waals surface area contributed by atoms with E-state index in [1.54, 1.807) is 30.9 Å². The molecule has 2 aromatic heterocycles. The molecular weight excluding hydrogens is 514 g/mol. The molecule has 206 valence electrons. The maximum absolute atomic E-state index is 12.3. The molecule has 0 radical (unpaired) electrons. The highest BCUT2D eigenvalue weighted by molar-refractivity contribution is 7.92. The van der Waals surface area contributed by atoms with Gasteiger partial charge in [-0.25, -0.2) is 17.9 Å². The molecule has 1 N–H and O–H groups in total. The number of fused-ring (bicyclic) bond motifs is 1. The van der Waals surface area contributed by atoms with Crippen molar-refractivity contribution in [2.24, 2.45) is 0 Å². The predicted molar refractivity (Wildman–Crippen MR) is 156 cm³/mol. The summed E-state index contributed by atoms with van der Waals surface area (Å²) in [5.74, 6) is 1.12. The fraction of sp³-hybridized carbons (Fsp3) is 0.357. The van der Waals surface area contributed by atoms with Crippen molar-refractivity contribution < 1.29 is 13.2 Å². The van der Waals surface area contributed by atoms with Crippen LogP contribution in [0.2, 0.25) is 0 Å². The quantitative estimate of drug-likeness (QED) is 0.340. The molecule has 0 spiro atoms. The van der Waals surface area contributed by atoms with Crippen LogP contribution in [0, 0.1) is 0 Å². The molecule has 1 saturated heterocycles. The van der Waals surface area contributed by atoms with E-state index in [0.717, 1.165) is 67.4 Å². The average molecular weight is 550 g/mol. The van der Waals surface area contributed by atoms with Crippen LogP contribution in [0.3, 0.4) is 0 Å². The van der Waals surface area contributed by atoms with Gasteiger partial charge in [0.05, 0.1) is 42.1 Å². The second-order valence-electron chi connectivity index (χ2n) is 9.94. The molecule has 4 aromatic rings. The Balaban J connectivity index is 1.38. The Kier molecular flexibility index (Phi) is 7.74. The van der Waals surface area contributed by atoms with E-state index >= 15 is 0 Å². The first-order valence-corrected chi connectivity index (χ1v) is 14.8. The number of anilines is 3. The summed E-state index contributed by atoms with van der Waals surface area (Å²) in [6.45, 7) is 5.45. The van der Waals surface area contributed by atoms with Crippen molar-refractivity contribution in [1.82, 2.24) is 24.4 Å². The van der Waals surface area contributed by atoms with Gasteiger partial charge < -0.3 is 19.9 Å². The molecular formula is C28H35N7O3S. The van der Waals surface area contributed by atoms with Gasteiger partial charge in [-0.3, -0.25) is 4.31 Å². The lowest BCUT2D eigenvalue weighted by Gasteiger charge is -2.32. The standard InChI is InChI=1S/C28H35N7O3S/c1-32-15-17-34(18-16-32)14-13-21-9-11-24(27(19-21)38-3)30-28-29-20-22-10-12-26(35(22)31-28)23-7-5-6-8-25(23)33(2)39(4,36)37/h5-12,19-20H,13-18H2,1-4H3,(H,30,31). The second kappa shape index (κ2) is 11.2. The fourth-order valence-corrected chi connectivity index (χ4v) is 5.30. The third-order valence-electron chi connectivity index (χ3n) is 7.24. The number of para-hydroxylation sites is 1. The SMILES string of the molecule is COc1cc(CCN2CCN(C)CC2)ccc1Nc1ncc2ccc(-c3ccccc3N(C)S(C)(=O)=O)n2n1. The number of ether oxygens (including phenoxy) is 1. The molecule has 0 unspecified atom stereocenters. The van der Waals surface area contributed by atoms with E-state index in [2.05, 4.69) is 39.3 Å². The first-order chi connectivity index (χ1) is 18.7. The van der Waals surface area contributed by atoms with Gasteiger partial charge in [-0.05, 0) is 49.4 Å². The first kappa shape index (κ1) is 26.9. The molecule has 10 nitrogen and oxygen atoms in total. The van der Waals surface area contributed by atoms with E-state index < -0.39 is 10.0 Å². The highest BCUT2D eigenvalue weighted by Gasteiger charge is 2.19. The van der Waals surface area contributed by atoms with Crippen LogP contribution in [-0.2, 0) is 16.4 Å². The van der Waals surface area contributed by atoms with Crippen LogP contribution in [0.15, 0.2) is 60.8 Å². The third kappa shape index (κ3) is 6.00. The number of rotatable bonds is 9. The molecule has 0 atom stereocenters. The topological polar surface area (TPSA) is 95.3 Å². The molecule has 1 aliphatic heterocycles. The summed E-state index contributed by atoms with van der Waals surface area (Å²) in [4.78, 5) is 9.36. The van der Waals surface area contributed by atoms with Gasteiger partial charge in [0.1, 0.15) is 5.75 Å². The molecule has 0 bridgehead atoms. The van der Waals surface area contributed by atoms with Crippen molar-refractivity contribution >= 4 is 32.9 Å². The van der Waals surface area contributed by atoms with E-state index in [4.69, 9.17) is 9.84 Å². The minimum absolute atomic E-state index is 0.400. The largest absolute Gasteiger partial charge is 0.495 e. The van der Waals surface area contributed by atoms with Crippen molar-refractivity contribution in [3.63, 3.8) is 0 Å². The summed E-state index contributed by atoms with van der Waals surface area (Å²) in [5, 5.41) is 8.02. The number of piperazine rings is 1. The second-order valence-corrected chi connectivity index (χ2v) is 12.0. The molecule has 0 amide bonds. The van der Waals surface area contributed by atoms with Crippen LogP contribution >= 0.6 is 0 Å². The third-order valence-corrected chi connectivity index (χ3v) is 8.43.